The van der Waals surface area contributed by atoms with Gasteiger partial charge in [-0.05, 0) is 13.8 Å². The number of carbonyl (C=O) groups is 1. The molecule has 0 saturated heterocycles. The third-order valence-corrected chi connectivity index (χ3v) is 3.09. The normalized spacial score (nSPS) is 11.5. The van der Waals surface area contributed by atoms with Gasteiger partial charge in [0, 0.05) is 26.2 Å². The largest absolute Gasteiger partial charge is 0.512 e. The fourth-order valence-electron chi connectivity index (χ4n) is 2.25. The molecule has 0 aliphatic carbocycles. The third-order valence-electron chi connectivity index (χ3n) is 3.09. The number of benzene rings is 1. The van der Waals surface area contributed by atoms with Crippen molar-refractivity contribution in [3.05, 3.63) is 60.0 Å². The minimum atomic E-state index is -0.125. The average Bonchev–Trinajstić information content (AvgIpc) is 2.95. The van der Waals surface area contributed by atoms with E-state index in [4.69, 9.17) is 5.11 Å². The number of fused-ring (bicyclic) bond motifs is 1. The van der Waals surface area contributed by atoms with Crippen LogP contribution in [0.25, 0.3) is 11.3 Å². The summed E-state index contributed by atoms with van der Waals surface area (Å²) in [6, 6.07) is 13.3. The van der Waals surface area contributed by atoms with Crippen LogP contribution in [0.15, 0.2) is 48.4 Å². The molecule has 0 spiro atoms. The number of hydrogen-bond donors (Lipinski definition) is 1. The molecule has 3 rings (SSSR count). The molecule has 1 aliphatic heterocycles. The van der Waals surface area contributed by atoms with E-state index in [0.29, 0.717) is 0 Å². The van der Waals surface area contributed by atoms with E-state index in [9.17, 15) is 4.79 Å². The minimum absolute atomic E-state index is 0. The Labute approximate surface area is 150 Å². The maximum Gasteiger partial charge on any atom is 0.155 e. The quantitative estimate of drug-likeness (QED) is 0.309. The van der Waals surface area contributed by atoms with Gasteiger partial charge < -0.3 is 5.11 Å². The summed E-state index contributed by atoms with van der Waals surface area (Å²) in [7, 11) is 0. The molecule has 119 valence electrons. The molecule has 1 aromatic carbocycles. The fraction of sp³-hybridized carbons (Fsp3) is 0.167. The Morgan fingerprint density at radius 3 is 2.70 bits per heavy atom. The van der Waals surface area contributed by atoms with Crippen LogP contribution in [-0.2, 0) is 31.3 Å². The zero-order valence-corrected chi connectivity index (χ0v) is 15.4. The van der Waals surface area contributed by atoms with Crippen molar-refractivity contribution in [2.24, 2.45) is 0 Å². The van der Waals surface area contributed by atoms with Crippen LogP contribution in [0.4, 0.5) is 0 Å². The van der Waals surface area contributed by atoms with Crippen molar-refractivity contribution in [2.45, 2.75) is 20.3 Å². The van der Waals surface area contributed by atoms with Gasteiger partial charge in [-0.15, -0.1) is 0 Å². The van der Waals surface area contributed by atoms with Crippen LogP contribution in [0.2, 0.25) is 0 Å². The molecule has 0 atom stereocenters. The maximum atomic E-state index is 10.0. The van der Waals surface area contributed by atoms with Gasteiger partial charge in [0.05, 0.1) is 5.76 Å². The summed E-state index contributed by atoms with van der Waals surface area (Å²) in [6.45, 7) is 5.00. The van der Waals surface area contributed by atoms with Gasteiger partial charge in [-0.3, -0.25) is 4.79 Å². The molecule has 5 heteroatoms. The molecule has 0 saturated carbocycles. The summed E-state index contributed by atoms with van der Waals surface area (Å²) >= 11 is 0. The first-order valence-electron chi connectivity index (χ1n) is 7.07. The van der Waals surface area contributed by atoms with Gasteiger partial charge >= 0.3 is 89.2 Å². The van der Waals surface area contributed by atoms with Gasteiger partial charge in [0.1, 0.15) is 0 Å². The van der Waals surface area contributed by atoms with Crippen LogP contribution >= 0.6 is 0 Å². The average molecular weight is 482 g/mol. The van der Waals surface area contributed by atoms with Gasteiger partial charge in [0.15, 0.2) is 5.78 Å². The predicted molar refractivity (Wildman–Crippen MR) is 90.7 cm³/mol. The molecule has 1 aliphatic rings. The van der Waals surface area contributed by atoms with Crippen molar-refractivity contribution in [1.82, 2.24) is 4.98 Å². The molecular formula is C18H17BIrNO2-. The zero-order chi connectivity index (χ0) is 15.9. The molecule has 0 amide bonds. The van der Waals surface area contributed by atoms with Crippen LogP contribution in [0.3, 0.4) is 0 Å². The number of allylic oxidation sites excluding steroid dienone is 2. The molecule has 1 N–H and O–H groups in total. The van der Waals surface area contributed by atoms with Crippen molar-refractivity contribution in [1.29, 1.82) is 0 Å². The molecule has 2 aromatic rings. The van der Waals surface area contributed by atoms with E-state index < -0.39 is 0 Å². The van der Waals surface area contributed by atoms with Crippen LogP contribution in [0.1, 0.15) is 19.4 Å². The first kappa shape index (κ1) is 19.2. The minimum Gasteiger partial charge on any atom is -0.512 e. The third kappa shape index (κ3) is 5.70. The monoisotopic (exact) mass is 483 g/mol. The second-order valence-electron chi connectivity index (χ2n) is 5.01. The summed E-state index contributed by atoms with van der Waals surface area (Å²) in [5.74, 6) is 2.12. The number of pyridine rings is 1. The topological polar surface area (TPSA) is 50.2 Å². The molecule has 0 bridgehead atoms. The number of ketones is 1. The van der Waals surface area contributed by atoms with Crippen molar-refractivity contribution >= 4 is 24.1 Å². The van der Waals surface area contributed by atoms with E-state index in [1.165, 1.54) is 30.9 Å². The second kappa shape index (κ2) is 9.34. The molecular weight excluding hydrogens is 465 g/mol. The summed E-state index contributed by atoms with van der Waals surface area (Å²) in [5.41, 5.74) is 4.76. The van der Waals surface area contributed by atoms with Crippen molar-refractivity contribution in [3.63, 3.8) is 0 Å². The van der Waals surface area contributed by atoms with E-state index in [0.717, 1.165) is 17.7 Å². The molecule has 23 heavy (non-hydrogen) atoms. The van der Waals surface area contributed by atoms with E-state index in [2.05, 4.69) is 36.1 Å². The van der Waals surface area contributed by atoms with Crippen LogP contribution in [0, 0.1) is 6.07 Å². The SMILES string of the molecule is B1=CCc2c1ccnc2-c1[c-]cccc1.CC(=O)/C=C(/C)O.[Ir]. The Kier molecular flexibility index (Phi) is 7.80. The first-order valence-corrected chi connectivity index (χ1v) is 7.07. The van der Waals surface area contributed by atoms with Gasteiger partial charge in [-0.1, -0.05) is 0 Å². The number of aliphatic hydroxyl groups is 1. The van der Waals surface area contributed by atoms with E-state index in [1.807, 2.05) is 24.4 Å². The number of nitrogens with zero attached hydrogens (tertiary/aromatic N) is 1. The number of rotatable bonds is 2. The summed E-state index contributed by atoms with van der Waals surface area (Å²) in [4.78, 5) is 14.5. The Hall–Kier alpha value is -1.84. The van der Waals surface area contributed by atoms with Crippen LogP contribution < -0.4 is 5.46 Å². The fourth-order valence-corrected chi connectivity index (χ4v) is 2.25. The van der Waals surface area contributed by atoms with E-state index in [-0.39, 0.29) is 31.6 Å². The van der Waals surface area contributed by atoms with E-state index in [1.54, 1.807) is 0 Å². The summed E-state index contributed by atoms with van der Waals surface area (Å²) < 4.78 is 0. The number of hydrogen-bond acceptors (Lipinski definition) is 3. The van der Waals surface area contributed by atoms with Gasteiger partial charge in [-0.2, -0.15) is 0 Å². The van der Waals surface area contributed by atoms with Crippen molar-refractivity contribution in [2.75, 3.05) is 0 Å². The van der Waals surface area contributed by atoms with Gasteiger partial charge in [0.25, 0.3) is 0 Å². The Bertz CT molecular complexity index is 723. The second-order valence-corrected chi connectivity index (χ2v) is 5.01. The van der Waals surface area contributed by atoms with Gasteiger partial charge in [0.2, 0.25) is 0 Å². The molecule has 0 fully saturated rings. The molecule has 3 nitrogen and oxygen atoms in total. The smallest absolute Gasteiger partial charge is 0.155 e. The molecule has 0 unspecified atom stereocenters. The molecule has 1 aromatic heterocycles. The zero-order valence-electron chi connectivity index (χ0n) is 13.0. The first-order chi connectivity index (χ1) is 10.6. The van der Waals surface area contributed by atoms with Gasteiger partial charge in [-0.25, -0.2) is 0 Å². The standard InChI is InChI=1S/C13H9BN.C5H8O2.Ir/c1-2-4-10(5-3-1)13-11-6-8-14-12(11)7-9-15-13;1-4(6)3-5(2)7;/h1-4,7-9H,6H2;3,6H,1-2H3;/q-1;;/b;4-3-;. The summed E-state index contributed by atoms with van der Waals surface area (Å²) in [6.07, 6.45) is 4.02. The Morgan fingerprint density at radius 1 is 1.35 bits per heavy atom. The number of aromatic nitrogens is 1. The Morgan fingerprint density at radius 2 is 2.13 bits per heavy atom. The summed E-state index contributed by atoms with van der Waals surface area (Å²) in [5, 5.41) is 8.36. The Balaban J connectivity index is 0.000000287. The van der Waals surface area contributed by atoms with Crippen LogP contribution in [0.5, 0.6) is 0 Å². The number of aliphatic hydroxyl groups excluding tert-OH is 1. The van der Waals surface area contributed by atoms with Crippen LogP contribution in [-0.4, -0.2) is 28.8 Å². The van der Waals surface area contributed by atoms with Crippen molar-refractivity contribution in [3.8, 4) is 11.3 Å². The maximum absolute atomic E-state index is 10.0. The molecule has 1 radical (unpaired) electrons. The molecule has 2 heterocycles. The van der Waals surface area contributed by atoms with Crippen molar-refractivity contribution < 1.29 is 30.0 Å². The van der Waals surface area contributed by atoms with E-state index >= 15 is 0 Å². The predicted octanol–water partition coefficient (Wildman–Crippen LogP) is 2.27. The number of carbonyl (C=O) groups excluding carboxylic acids is 1.